The second-order valence-electron chi connectivity index (χ2n) is 7.29. The Hall–Kier alpha value is -2.83. The van der Waals surface area contributed by atoms with Gasteiger partial charge in [-0.15, -0.1) is 0 Å². The first-order chi connectivity index (χ1) is 15.3. The molecule has 1 aromatic carbocycles. The van der Waals surface area contributed by atoms with Gasteiger partial charge in [0, 0.05) is 18.2 Å². The monoisotopic (exact) mass is 537 g/mol. The van der Waals surface area contributed by atoms with Crippen LogP contribution in [0.15, 0.2) is 34.8 Å². The number of hydrogen-bond acceptors (Lipinski definition) is 3. The highest BCUT2D eigenvalue weighted by Gasteiger charge is 2.38. The van der Waals surface area contributed by atoms with Gasteiger partial charge in [0.2, 0.25) is 5.91 Å². The first kappa shape index (κ1) is 24.8. The van der Waals surface area contributed by atoms with E-state index in [1.165, 1.54) is 23.7 Å². The molecule has 0 unspecified atom stereocenters. The molecule has 0 aliphatic heterocycles. The highest BCUT2D eigenvalue weighted by atomic mass is 79.9. The van der Waals surface area contributed by atoms with E-state index in [2.05, 4.69) is 31.4 Å². The van der Waals surface area contributed by atoms with Crippen molar-refractivity contribution in [3.63, 3.8) is 0 Å². The molecule has 6 nitrogen and oxygen atoms in total. The van der Waals surface area contributed by atoms with Crippen molar-refractivity contribution in [2.45, 2.75) is 45.7 Å². The average Bonchev–Trinajstić information content (AvgIpc) is 3.19. The van der Waals surface area contributed by atoms with Crippen LogP contribution in [0, 0.1) is 13.8 Å². The lowest BCUT2D eigenvalue weighted by atomic mass is 10.1. The van der Waals surface area contributed by atoms with E-state index in [0.29, 0.717) is 11.3 Å². The highest BCUT2D eigenvalue weighted by molar-refractivity contribution is 9.10. The van der Waals surface area contributed by atoms with E-state index in [4.69, 9.17) is 0 Å². The van der Waals surface area contributed by atoms with Crippen molar-refractivity contribution >= 4 is 27.7 Å². The minimum atomic E-state index is -4.62. The van der Waals surface area contributed by atoms with Gasteiger partial charge in [0.15, 0.2) is 11.5 Å². The van der Waals surface area contributed by atoms with Crippen molar-refractivity contribution in [1.82, 2.24) is 19.6 Å². The summed E-state index contributed by atoms with van der Waals surface area (Å²) in [7, 11) is 0. The molecule has 0 aliphatic rings. The maximum absolute atomic E-state index is 13.0. The molecule has 2 heterocycles. The molecule has 1 amide bonds. The molecular weight excluding hydrogens is 520 g/mol. The van der Waals surface area contributed by atoms with Gasteiger partial charge in [0.25, 0.3) is 0 Å². The SMILES string of the molecule is Cc1cc(NC(=O)CCn2nc(C(F)(F)F)c(Br)c2C)nn1Cc1cccc(C(F)(F)F)c1. The molecule has 3 aromatic rings. The zero-order valence-corrected chi connectivity index (χ0v) is 18.9. The highest BCUT2D eigenvalue weighted by Crippen LogP contribution is 2.35. The summed E-state index contributed by atoms with van der Waals surface area (Å²) >= 11 is 2.87. The summed E-state index contributed by atoms with van der Waals surface area (Å²) < 4.78 is 79.9. The van der Waals surface area contributed by atoms with Crippen LogP contribution >= 0.6 is 15.9 Å². The maximum Gasteiger partial charge on any atom is 0.436 e. The lowest BCUT2D eigenvalue weighted by Crippen LogP contribution is -2.16. The number of aryl methyl sites for hydroxylation is 2. The van der Waals surface area contributed by atoms with E-state index in [9.17, 15) is 31.1 Å². The van der Waals surface area contributed by atoms with E-state index in [-0.39, 0.29) is 35.5 Å². The largest absolute Gasteiger partial charge is 0.436 e. The van der Waals surface area contributed by atoms with Crippen LogP contribution in [0.3, 0.4) is 0 Å². The van der Waals surface area contributed by atoms with E-state index >= 15 is 0 Å². The van der Waals surface area contributed by atoms with Gasteiger partial charge in [-0.2, -0.15) is 36.5 Å². The smallest absolute Gasteiger partial charge is 0.309 e. The molecular formula is C20H18BrF6N5O. The lowest BCUT2D eigenvalue weighted by molar-refractivity contribution is -0.142. The third kappa shape index (κ3) is 5.95. The Balaban J connectivity index is 1.64. The maximum atomic E-state index is 13.0. The Labute approximate surface area is 192 Å². The third-order valence-corrected chi connectivity index (χ3v) is 5.74. The minimum Gasteiger partial charge on any atom is -0.309 e. The number of rotatable bonds is 6. The summed E-state index contributed by atoms with van der Waals surface area (Å²) in [5.41, 5.74) is -0.619. The fourth-order valence-corrected chi connectivity index (χ4v) is 3.59. The number of amides is 1. The molecule has 2 aromatic heterocycles. The van der Waals surface area contributed by atoms with E-state index in [1.54, 1.807) is 13.0 Å². The Morgan fingerprint density at radius 2 is 1.73 bits per heavy atom. The predicted molar refractivity (Wildman–Crippen MR) is 110 cm³/mol. The van der Waals surface area contributed by atoms with E-state index < -0.39 is 29.5 Å². The molecule has 3 rings (SSSR count). The predicted octanol–water partition coefficient (Wildman–Crippen LogP) is 5.57. The molecule has 0 bridgehead atoms. The normalized spacial score (nSPS) is 12.3. The Morgan fingerprint density at radius 1 is 1.03 bits per heavy atom. The number of nitrogens with one attached hydrogen (secondary N) is 1. The van der Waals surface area contributed by atoms with E-state index in [1.807, 2.05) is 0 Å². The first-order valence-corrected chi connectivity index (χ1v) is 10.4. The summed E-state index contributed by atoms with van der Waals surface area (Å²) in [6, 6.07) is 6.39. The Morgan fingerprint density at radius 3 is 2.33 bits per heavy atom. The number of hydrogen-bond donors (Lipinski definition) is 1. The van der Waals surface area contributed by atoms with Gasteiger partial charge in [-0.3, -0.25) is 14.2 Å². The quantitative estimate of drug-likeness (QED) is 0.418. The molecule has 178 valence electrons. The zero-order valence-electron chi connectivity index (χ0n) is 17.4. The number of halogens is 7. The van der Waals surface area contributed by atoms with Crippen LogP contribution in [0.25, 0.3) is 0 Å². The summed E-state index contributed by atoms with van der Waals surface area (Å²) in [6.07, 6.45) is -9.25. The third-order valence-electron chi connectivity index (χ3n) is 4.79. The van der Waals surface area contributed by atoms with Crippen molar-refractivity contribution < 1.29 is 31.1 Å². The number of benzene rings is 1. The number of carbonyl (C=O) groups excluding carboxylic acids is 1. The minimum absolute atomic E-state index is 0.0619. The molecule has 0 saturated heterocycles. The van der Waals surface area contributed by atoms with Crippen molar-refractivity contribution in [3.8, 4) is 0 Å². The molecule has 0 aliphatic carbocycles. The number of aromatic nitrogens is 4. The fraction of sp³-hybridized carbons (Fsp3) is 0.350. The van der Waals surface area contributed by atoms with Gasteiger partial charge < -0.3 is 5.32 Å². The molecule has 0 radical (unpaired) electrons. The molecule has 0 fully saturated rings. The Bertz CT molecular complexity index is 1160. The van der Waals surface area contributed by atoms with Crippen LogP contribution in [0.2, 0.25) is 0 Å². The van der Waals surface area contributed by atoms with Crippen molar-refractivity contribution in [3.05, 3.63) is 63.0 Å². The fourth-order valence-electron chi connectivity index (χ4n) is 3.09. The molecule has 1 N–H and O–H groups in total. The summed E-state index contributed by atoms with van der Waals surface area (Å²) in [6.45, 7) is 3.10. The van der Waals surface area contributed by atoms with Gasteiger partial charge >= 0.3 is 12.4 Å². The van der Waals surface area contributed by atoms with Crippen LogP contribution in [0.1, 0.15) is 34.6 Å². The number of anilines is 1. The van der Waals surface area contributed by atoms with Crippen LogP contribution in [-0.4, -0.2) is 25.5 Å². The van der Waals surface area contributed by atoms with Crippen LogP contribution in [-0.2, 0) is 30.2 Å². The zero-order chi connectivity index (χ0) is 24.6. The van der Waals surface area contributed by atoms with Crippen LogP contribution in [0.4, 0.5) is 32.2 Å². The molecule has 0 atom stereocenters. The summed E-state index contributed by atoms with van der Waals surface area (Å²) in [4.78, 5) is 12.3. The standard InChI is InChI=1S/C20H18BrF6N5O/c1-11-8-15(29-32(11)10-13-4-3-5-14(9-13)19(22,23)24)28-16(33)6-7-31-12(2)17(21)18(30-31)20(25,26)27/h3-5,8-9H,6-7,10H2,1-2H3,(H,28,29,33). The lowest BCUT2D eigenvalue weighted by Gasteiger charge is -2.09. The van der Waals surface area contributed by atoms with Gasteiger partial charge in [0.1, 0.15) is 0 Å². The molecule has 0 spiro atoms. The van der Waals surface area contributed by atoms with Crippen molar-refractivity contribution in [2.24, 2.45) is 0 Å². The number of nitrogens with zero attached hydrogens (tertiary/aromatic N) is 4. The van der Waals surface area contributed by atoms with Gasteiger partial charge in [0.05, 0.1) is 28.8 Å². The van der Waals surface area contributed by atoms with Gasteiger partial charge in [-0.25, -0.2) is 0 Å². The molecule has 0 saturated carbocycles. The van der Waals surface area contributed by atoms with Crippen LogP contribution in [0.5, 0.6) is 0 Å². The second-order valence-corrected chi connectivity index (χ2v) is 8.09. The molecule has 13 heteroatoms. The topological polar surface area (TPSA) is 64.7 Å². The van der Waals surface area contributed by atoms with Gasteiger partial charge in [-0.05, 0) is 47.5 Å². The van der Waals surface area contributed by atoms with Crippen molar-refractivity contribution in [1.29, 1.82) is 0 Å². The van der Waals surface area contributed by atoms with Gasteiger partial charge in [-0.1, -0.05) is 12.1 Å². The second kappa shape index (κ2) is 9.20. The average molecular weight is 538 g/mol. The first-order valence-electron chi connectivity index (χ1n) is 9.56. The number of alkyl halides is 6. The number of carbonyl (C=O) groups is 1. The summed E-state index contributed by atoms with van der Waals surface area (Å²) in [5.74, 6) is -0.322. The van der Waals surface area contributed by atoms with E-state index in [0.717, 1.165) is 16.8 Å². The van der Waals surface area contributed by atoms with Crippen LogP contribution < -0.4 is 5.32 Å². The van der Waals surface area contributed by atoms with Crippen molar-refractivity contribution in [2.75, 3.05) is 5.32 Å². The molecule has 33 heavy (non-hydrogen) atoms. The Kier molecular flexibility index (Phi) is 6.91. The summed E-state index contributed by atoms with van der Waals surface area (Å²) in [5, 5.41) is 10.2.